The topological polar surface area (TPSA) is 91.1 Å². The average molecular weight is 391 g/mol. The molecule has 1 aliphatic rings. The summed E-state index contributed by atoms with van der Waals surface area (Å²) in [4.78, 5) is 8.91. The normalized spacial score (nSPS) is 13.0. The van der Waals surface area contributed by atoms with Crippen LogP contribution in [0.2, 0.25) is 0 Å². The number of hydrogen-bond donors (Lipinski definition) is 3. The summed E-state index contributed by atoms with van der Waals surface area (Å²) in [5.74, 6) is 0.357. The van der Waals surface area contributed by atoms with E-state index in [4.69, 9.17) is 10.1 Å². The second-order valence-corrected chi connectivity index (χ2v) is 6.75. The lowest BCUT2D eigenvalue weighted by Gasteiger charge is -2.18. The van der Waals surface area contributed by atoms with Crippen molar-refractivity contribution in [3.8, 4) is 11.3 Å². The van der Waals surface area contributed by atoms with Crippen molar-refractivity contribution in [3.63, 3.8) is 0 Å². The molecule has 8 nitrogen and oxygen atoms in total. The van der Waals surface area contributed by atoms with Gasteiger partial charge in [0, 0.05) is 35.0 Å². The average Bonchev–Trinajstić information content (AvgIpc) is 3.36. The number of fused-ring (bicyclic) bond motifs is 2. The van der Waals surface area contributed by atoms with Crippen molar-refractivity contribution in [3.05, 3.63) is 66.4 Å². The van der Waals surface area contributed by atoms with Gasteiger partial charge in [-0.05, 0) is 24.3 Å². The first kappa shape index (κ1) is 17.5. The number of halogens is 1. The van der Waals surface area contributed by atoms with Gasteiger partial charge in [-0.2, -0.15) is 5.10 Å². The summed E-state index contributed by atoms with van der Waals surface area (Å²) in [6.07, 6.45) is 5.19. The minimum absolute atomic E-state index is 0.0210. The molecular weight excluding hydrogens is 373 g/mol. The van der Waals surface area contributed by atoms with Crippen LogP contribution in [-0.2, 0) is 13.1 Å². The summed E-state index contributed by atoms with van der Waals surface area (Å²) in [5, 5.41) is 15.9. The first-order valence-electron chi connectivity index (χ1n) is 9.18. The molecule has 9 heteroatoms. The summed E-state index contributed by atoms with van der Waals surface area (Å²) in [5.41, 5.74) is 9.65. The number of anilines is 2. The molecule has 5 rings (SSSR count). The summed E-state index contributed by atoms with van der Waals surface area (Å²) >= 11 is 0. The van der Waals surface area contributed by atoms with E-state index < -0.39 is 0 Å². The molecule has 4 aromatic rings. The number of benzene rings is 1. The zero-order valence-electron chi connectivity index (χ0n) is 15.4. The Balaban J connectivity index is 1.45. The first-order chi connectivity index (χ1) is 14.2. The Morgan fingerprint density at radius 2 is 2.10 bits per heavy atom. The third kappa shape index (κ3) is 3.26. The van der Waals surface area contributed by atoms with Crippen molar-refractivity contribution in [1.29, 1.82) is 0 Å². The molecular formula is C20H18FN7O. The molecule has 146 valence electrons. The first-order valence-corrected chi connectivity index (χ1v) is 9.18. The van der Waals surface area contributed by atoms with E-state index in [9.17, 15) is 4.39 Å². The fraction of sp³-hybridized carbons (Fsp3) is 0.150. The number of aromatic nitrogens is 4. The van der Waals surface area contributed by atoms with Crippen LogP contribution in [0.1, 0.15) is 5.56 Å². The third-order valence-electron chi connectivity index (χ3n) is 4.81. The molecule has 0 fully saturated rings. The van der Waals surface area contributed by atoms with E-state index in [1.807, 2.05) is 30.5 Å². The molecule has 0 atom stereocenters. The number of aliphatic hydroxyl groups excluding tert-OH is 1. The van der Waals surface area contributed by atoms with Gasteiger partial charge in [0.25, 0.3) is 0 Å². The van der Waals surface area contributed by atoms with Crippen LogP contribution < -0.4 is 16.0 Å². The maximum absolute atomic E-state index is 14.6. The zero-order valence-corrected chi connectivity index (χ0v) is 15.4. The van der Waals surface area contributed by atoms with Crippen LogP contribution in [-0.4, -0.2) is 31.5 Å². The Kier molecular flexibility index (Phi) is 4.30. The SMILES string of the molecule is OCCn1cc(-c2ccc3c(n2)N(Cc2cc4cccnc4cc2F)NN3)cn1. The predicted octanol–water partition coefficient (Wildman–Crippen LogP) is 2.48. The highest BCUT2D eigenvalue weighted by atomic mass is 19.1. The highest BCUT2D eigenvalue weighted by Gasteiger charge is 2.22. The van der Waals surface area contributed by atoms with Crippen molar-refractivity contribution in [2.45, 2.75) is 13.1 Å². The van der Waals surface area contributed by atoms with Gasteiger partial charge in [0.2, 0.25) is 0 Å². The van der Waals surface area contributed by atoms with Crippen LogP contribution in [0, 0.1) is 5.82 Å². The van der Waals surface area contributed by atoms with Crippen molar-refractivity contribution in [1.82, 2.24) is 25.3 Å². The van der Waals surface area contributed by atoms with Crippen LogP contribution in [0.5, 0.6) is 0 Å². The Hall–Kier alpha value is -3.56. The quantitative estimate of drug-likeness (QED) is 0.481. The molecule has 0 amide bonds. The molecule has 3 N–H and O–H groups in total. The van der Waals surface area contributed by atoms with Gasteiger partial charge in [-0.1, -0.05) is 6.07 Å². The number of nitrogens with one attached hydrogen (secondary N) is 2. The van der Waals surface area contributed by atoms with Crippen molar-refractivity contribution in [2.24, 2.45) is 0 Å². The minimum Gasteiger partial charge on any atom is -0.394 e. The summed E-state index contributed by atoms with van der Waals surface area (Å²) in [6.45, 7) is 0.736. The molecule has 0 spiro atoms. The van der Waals surface area contributed by atoms with Gasteiger partial charge < -0.3 is 10.5 Å². The van der Waals surface area contributed by atoms with Crippen molar-refractivity contribution < 1.29 is 9.50 Å². The van der Waals surface area contributed by atoms with E-state index in [2.05, 4.69) is 21.0 Å². The fourth-order valence-corrected chi connectivity index (χ4v) is 3.36. The van der Waals surface area contributed by atoms with Crippen LogP contribution in [0.3, 0.4) is 0 Å². The fourth-order valence-electron chi connectivity index (χ4n) is 3.36. The predicted molar refractivity (Wildman–Crippen MR) is 107 cm³/mol. The molecule has 3 aromatic heterocycles. The number of hydrogen-bond acceptors (Lipinski definition) is 7. The lowest BCUT2D eigenvalue weighted by Crippen LogP contribution is -2.36. The summed E-state index contributed by atoms with van der Waals surface area (Å²) in [6, 6.07) is 10.8. The van der Waals surface area contributed by atoms with Crippen LogP contribution in [0.15, 0.2) is 55.0 Å². The van der Waals surface area contributed by atoms with Gasteiger partial charge in [-0.3, -0.25) is 14.7 Å². The molecule has 29 heavy (non-hydrogen) atoms. The van der Waals surface area contributed by atoms with Gasteiger partial charge in [0.1, 0.15) is 5.82 Å². The highest BCUT2D eigenvalue weighted by Crippen LogP contribution is 2.31. The van der Waals surface area contributed by atoms with Crippen LogP contribution in [0.25, 0.3) is 22.2 Å². The number of nitrogens with zero attached hydrogens (tertiary/aromatic N) is 5. The Labute approximate surface area is 165 Å². The summed E-state index contributed by atoms with van der Waals surface area (Å²) < 4.78 is 16.3. The largest absolute Gasteiger partial charge is 0.394 e. The Morgan fingerprint density at radius 3 is 3.00 bits per heavy atom. The molecule has 1 aromatic carbocycles. The number of aliphatic hydroxyl groups is 1. The highest BCUT2D eigenvalue weighted by molar-refractivity contribution is 5.79. The lowest BCUT2D eigenvalue weighted by molar-refractivity contribution is 0.269. The molecule has 0 aliphatic carbocycles. The van der Waals surface area contributed by atoms with Crippen molar-refractivity contribution >= 4 is 22.4 Å². The molecule has 0 saturated heterocycles. The van der Waals surface area contributed by atoms with Gasteiger partial charge in [-0.15, -0.1) is 5.53 Å². The van der Waals surface area contributed by atoms with E-state index in [1.54, 1.807) is 28.2 Å². The number of rotatable bonds is 5. The lowest BCUT2D eigenvalue weighted by atomic mass is 10.1. The third-order valence-corrected chi connectivity index (χ3v) is 4.81. The molecule has 0 unspecified atom stereocenters. The maximum Gasteiger partial charge on any atom is 0.170 e. The minimum atomic E-state index is -0.312. The second-order valence-electron chi connectivity index (χ2n) is 6.75. The number of hydrazine groups is 2. The van der Waals surface area contributed by atoms with E-state index in [0.29, 0.717) is 23.4 Å². The Bertz CT molecular complexity index is 1190. The molecule has 4 heterocycles. The molecule has 0 radical (unpaired) electrons. The van der Waals surface area contributed by atoms with Gasteiger partial charge in [-0.25, -0.2) is 9.37 Å². The van der Waals surface area contributed by atoms with Gasteiger partial charge >= 0.3 is 0 Å². The van der Waals surface area contributed by atoms with E-state index in [0.717, 1.165) is 22.3 Å². The number of pyridine rings is 2. The van der Waals surface area contributed by atoms with Gasteiger partial charge in [0.05, 0.1) is 42.8 Å². The molecule has 0 saturated carbocycles. The second kappa shape index (κ2) is 7.12. The molecule has 1 aliphatic heterocycles. The standard InChI is InChI=1S/C20H18FN7O/c21-16-9-19-13(2-1-5-22-19)8-14(16)12-28-20-18(25-26-28)4-3-17(24-20)15-10-23-27(11-15)6-7-29/h1-5,8-11,25-26,29H,6-7,12H2. The van der Waals surface area contributed by atoms with Crippen molar-refractivity contribution in [2.75, 3.05) is 17.0 Å². The van der Waals surface area contributed by atoms with E-state index in [1.165, 1.54) is 6.07 Å². The Morgan fingerprint density at radius 1 is 1.17 bits per heavy atom. The monoisotopic (exact) mass is 391 g/mol. The molecule has 0 bridgehead atoms. The van der Waals surface area contributed by atoms with Crippen LogP contribution >= 0.6 is 0 Å². The van der Waals surface area contributed by atoms with Crippen LogP contribution in [0.4, 0.5) is 15.9 Å². The maximum atomic E-state index is 14.6. The summed E-state index contributed by atoms with van der Waals surface area (Å²) in [7, 11) is 0. The van der Waals surface area contributed by atoms with E-state index >= 15 is 0 Å². The zero-order chi connectivity index (χ0) is 19.8. The van der Waals surface area contributed by atoms with E-state index in [-0.39, 0.29) is 19.0 Å². The van der Waals surface area contributed by atoms with Gasteiger partial charge in [0.15, 0.2) is 5.82 Å². The smallest absolute Gasteiger partial charge is 0.170 e.